The molecule has 8 nitrogen and oxygen atoms in total. The highest BCUT2D eigenvalue weighted by Crippen LogP contribution is 2.20. The molecule has 3 rings (SSSR count). The van der Waals surface area contributed by atoms with Crippen LogP contribution < -0.4 is 10.6 Å². The molecular formula is C17H22ClFN6O2. The molecule has 1 aliphatic heterocycles. The van der Waals surface area contributed by atoms with Crippen LogP contribution in [-0.4, -0.2) is 51.9 Å². The summed E-state index contributed by atoms with van der Waals surface area (Å²) in [6.45, 7) is 5.57. The third-order valence-electron chi connectivity index (χ3n) is 4.64. The van der Waals surface area contributed by atoms with Crippen LogP contribution in [0.15, 0.2) is 28.0 Å². The van der Waals surface area contributed by atoms with Gasteiger partial charge >= 0.3 is 0 Å². The molecule has 0 aliphatic carbocycles. The van der Waals surface area contributed by atoms with Crippen molar-refractivity contribution in [1.29, 1.82) is 0 Å². The van der Waals surface area contributed by atoms with Gasteiger partial charge in [-0.05, 0) is 49.3 Å². The molecule has 1 saturated heterocycles. The number of halogens is 2. The maximum absolute atomic E-state index is 13.3. The number of benzene rings is 1. The molecule has 1 aromatic heterocycles. The SMILES string of the molecule is CCN1CCCC1CNCc1nonc1C(=NO)Nc1ccc(F)c(Cl)c1. The molecular weight excluding hydrogens is 375 g/mol. The molecule has 0 bridgehead atoms. The van der Waals surface area contributed by atoms with Gasteiger partial charge in [-0.3, -0.25) is 4.90 Å². The topological polar surface area (TPSA) is 98.8 Å². The summed E-state index contributed by atoms with van der Waals surface area (Å²) in [7, 11) is 0. The Morgan fingerprint density at radius 3 is 3.07 bits per heavy atom. The van der Waals surface area contributed by atoms with Crippen molar-refractivity contribution in [3.63, 3.8) is 0 Å². The second-order valence-corrected chi connectivity index (χ2v) is 6.72. The van der Waals surface area contributed by atoms with Crippen molar-refractivity contribution >= 4 is 23.1 Å². The molecule has 1 aliphatic rings. The quantitative estimate of drug-likeness (QED) is 0.286. The van der Waals surface area contributed by atoms with Gasteiger partial charge in [-0.1, -0.05) is 28.8 Å². The highest BCUT2D eigenvalue weighted by Gasteiger charge is 2.23. The first-order valence-corrected chi connectivity index (χ1v) is 9.20. The molecule has 2 aromatic rings. The maximum Gasteiger partial charge on any atom is 0.201 e. The van der Waals surface area contributed by atoms with Gasteiger partial charge in [0.2, 0.25) is 5.84 Å². The Balaban J connectivity index is 1.63. The first-order chi connectivity index (χ1) is 13.1. The number of anilines is 1. The predicted octanol–water partition coefficient (Wildman–Crippen LogP) is 2.68. The first-order valence-electron chi connectivity index (χ1n) is 8.83. The number of nitrogens with zero attached hydrogens (tertiary/aromatic N) is 4. The highest BCUT2D eigenvalue weighted by molar-refractivity contribution is 6.31. The zero-order chi connectivity index (χ0) is 19.2. The summed E-state index contributed by atoms with van der Waals surface area (Å²) in [5, 5.41) is 26.4. The maximum atomic E-state index is 13.3. The summed E-state index contributed by atoms with van der Waals surface area (Å²) in [5.41, 5.74) is 1.22. The summed E-state index contributed by atoms with van der Waals surface area (Å²) >= 11 is 5.77. The lowest BCUT2D eigenvalue weighted by Crippen LogP contribution is -2.37. The minimum atomic E-state index is -0.536. The van der Waals surface area contributed by atoms with Crippen LogP contribution in [0.1, 0.15) is 31.2 Å². The fourth-order valence-corrected chi connectivity index (χ4v) is 3.42. The van der Waals surface area contributed by atoms with Crippen molar-refractivity contribution in [2.24, 2.45) is 5.16 Å². The van der Waals surface area contributed by atoms with Crippen molar-refractivity contribution in [1.82, 2.24) is 20.5 Å². The second-order valence-electron chi connectivity index (χ2n) is 6.32. The monoisotopic (exact) mass is 396 g/mol. The van der Waals surface area contributed by atoms with Crippen LogP contribution in [-0.2, 0) is 6.54 Å². The molecule has 27 heavy (non-hydrogen) atoms. The molecule has 0 amide bonds. The van der Waals surface area contributed by atoms with Crippen LogP contribution in [0.3, 0.4) is 0 Å². The Hall–Kier alpha value is -2.23. The molecule has 10 heteroatoms. The highest BCUT2D eigenvalue weighted by atomic mass is 35.5. The van der Waals surface area contributed by atoms with Crippen LogP contribution in [0.5, 0.6) is 0 Å². The Morgan fingerprint density at radius 1 is 1.48 bits per heavy atom. The van der Waals surface area contributed by atoms with E-state index in [1.165, 1.54) is 31.0 Å². The van der Waals surface area contributed by atoms with Crippen LogP contribution in [0.25, 0.3) is 0 Å². The average molecular weight is 397 g/mol. The minimum Gasteiger partial charge on any atom is -0.409 e. The smallest absolute Gasteiger partial charge is 0.201 e. The number of nitrogens with one attached hydrogen (secondary N) is 2. The fourth-order valence-electron chi connectivity index (χ4n) is 3.24. The summed E-state index contributed by atoms with van der Waals surface area (Å²) in [4.78, 5) is 2.44. The Bertz CT molecular complexity index is 799. The van der Waals surface area contributed by atoms with Gasteiger partial charge in [0, 0.05) is 24.8 Å². The van der Waals surface area contributed by atoms with Crippen LogP contribution in [0, 0.1) is 5.82 Å². The molecule has 3 N–H and O–H groups in total. The van der Waals surface area contributed by atoms with Crippen LogP contribution >= 0.6 is 11.6 Å². The van der Waals surface area contributed by atoms with Gasteiger partial charge in [-0.25, -0.2) is 9.02 Å². The molecule has 1 atom stereocenters. The van der Waals surface area contributed by atoms with Gasteiger partial charge < -0.3 is 15.8 Å². The van der Waals surface area contributed by atoms with E-state index in [0.717, 1.165) is 19.6 Å². The van der Waals surface area contributed by atoms with Crippen LogP contribution in [0.4, 0.5) is 10.1 Å². The minimum absolute atomic E-state index is 0.0341. The van der Waals surface area contributed by atoms with E-state index >= 15 is 0 Å². The van der Waals surface area contributed by atoms with E-state index in [0.29, 0.717) is 24.0 Å². The molecule has 146 valence electrons. The number of hydrogen-bond donors (Lipinski definition) is 3. The lowest BCUT2D eigenvalue weighted by atomic mass is 10.2. The number of likely N-dealkylation sites (N-methyl/N-ethyl adjacent to an activating group) is 1. The number of rotatable bonds is 7. The standard InChI is InChI=1S/C17H22ClFN6O2/c1-2-25-7-3-4-12(25)9-20-10-15-16(24-27-23-15)17(22-26)21-11-5-6-14(19)13(18)8-11/h5-6,8,12,20,26H,2-4,7,9-10H2,1H3,(H,21,22). The zero-order valence-corrected chi connectivity index (χ0v) is 15.7. The average Bonchev–Trinajstić information content (AvgIpc) is 3.32. The van der Waals surface area contributed by atoms with E-state index < -0.39 is 5.82 Å². The molecule has 1 aromatic carbocycles. The molecule has 0 radical (unpaired) electrons. The number of oxime groups is 1. The molecule has 0 spiro atoms. The summed E-state index contributed by atoms with van der Waals surface area (Å²) in [6.07, 6.45) is 2.38. The molecule has 2 heterocycles. The second kappa shape index (κ2) is 9.12. The third kappa shape index (κ3) is 4.74. The fraction of sp³-hybridized carbons (Fsp3) is 0.471. The van der Waals surface area contributed by atoms with E-state index in [-0.39, 0.29) is 16.6 Å². The normalized spacial score (nSPS) is 18.2. The van der Waals surface area contributed by atoms with E-state index in [4.69, 9.17) is 16.2 Å². The van der Waals surface area contributed by atoms with Crippen molar-refractivity contribution in [2.75, 3.05) is 25.0 Å². The first kappa shape index (κ1) is 19.5. The van der Waals surface area contributed by atoms with Crippen LogP contribution in [0.2, 0.25) is 5.02 Å². The van der Waals surface area contributed by atoms with Crippen molar-refractivity contribution in [2.45, 2.75) is 32.4 Å². The zero-order valence-electron chi connectivity index (χ0n) is 15.0. The van der Waals surface area contributed by atoms with E-state index in [9.17, 15) is 9.60 Å². The lowest BCUT2D eigenvalue weighted by Gasteiger charge is -2.22. The Labute approximate surface area is 161 Å². The van der Waals surface area contributed by atoms with E-state index in [1.807, 2.05) is 0 Å². The van der Waals surface area contributed by atoms with E-state index in [1.54, 1.807) is 0 Å². The van der Waals surface area contributed by atoms with E-state index in [2.05, 4.69) is 37.9 Å². The Morgan fingerprint density at radius 2 is 2.33 bits per heavy atom. The lowest BCUT2D eigenvalue weighted by molar-refractivity contribution is 0.258. The summed E-state index contributed by atoms with van der Waals surface area (Å²) < 4.78 is 18.1. The van der Waals surface area contributed by atoms with Gasteiger partial charge in [0.05, 0.1) is 5.02 Å². The van der Waals surface area contributed by atoms with Gasteiger partial charge in [-0.2, -0.15) is 0 Å². The summed E-state index contributed by atoms with van der Waals surface area (Å²) in [6, 6.07) is 4.57. The van der Waals surface area contributed by atoms with Gasteiger partial charge in [0.1, 0.15) is 11.5 Å². The third-order valence-corrected chi connectivity index (χ3v) is 4.93. The number of likely N-dealkylation sites (tertiary alicyclic amines) is 1. The largest absolute Gasteiger partial charge is 0.409 e. The number of hydrogen-bond acceptors (Lipinski definition) is 7. The van der Waals surface area contributed by atoms with Crippen molar-refractivity contribution in [3.05, 3.63) is 40.4 Å². The van der Waals surface area contributed by atoms with Crippen molar-refractivity contribution < 1.29 is 14.2 Å². The predicted molar refractivity (Wildman–Crippen MR) is 99.6 cm³/mol. The van der Waals surface area contributed by atoms with Gasteiger partial charge in [-0.15, -0.1) is 0 Å². The number of aromatic nitrogens is 2. The summed E-state index contributed by atoms with van der Waals surface area (Å²) in [5.74, 6) is -0.502. The van der Waals surface area contributed by atoms with Crippen molar-refractivity contribution in [3.8, 4) is 0 Å². The molecule has 0 saturated carbocycles. The Kier molecular flexibility index (Phi) is 6.59. The van der Waals surface area contributed by atoms with Gasteiger partial charge in [0.15, 0.2) is 5.69 Å². The molecule has 1 unspecified atom stereocenters. The molecule has 1 fully saturated rings. The number of amidine groups is 1. The van der Waals surface area contributed by atoms with Gasteiger partial charge in [0.25, 0.3) is 0 Å².